The largest absolute Gasteiger partial charge is 0.496 e. The van der Waals surface area contributed by atoms with Crippen LogP contribution in [0.4, 0.5) is 0 Å². The Morgan fingerprint density at radius 1 is 1.29 bits per heavy atom. The van der Waals surface area contributed by atoms with Crippen molar-refractivity contribution in [3.63, 3.8) is 0 Å². The molecule has 2 aliphatic heterocycles. The van der Waals surface area contributed by atoms with Crippen molar-refractivity contribution in [3.05, 3.63) is 29.8 Å². The van der Waals surface area contributed by atoms with Gasteiger partial charge in [-0.15, -0.1) is 0 Å². The Bertz CT molecular complexity index is 607. The standard InChI is InChI=1S/C17H24N4O3/c1-24-15-5-3-2-4-13(15)14-10-18-6-8-20(14)12-17(23)21-9-7-19-16(22)11-21/h2-5,14,18H,6-12H2,1H3,(H,19,22). The lowest BCUT2D eigenvalue weighted by molar-refractivity contribution is -0.139. The van der Waals surface area contributed by atoms with Crippen molar-refractivity contribution in [2.45, 2.75) is 6.04 Å². The molecular formula is C17H24N4O3. The van der Waals surface area contributed by atoms with Crippen molar-refractivity contribution in [2.75, 3.05) is 52.9 Å². The molecule has 2 saturated heterocycles. The second-order valence-corrected chi connectivity index (χ2v) is 6.10. The number of nitrogens with zero attached hydrogens (tertiary/aromatic N) is 2. The van der Waals surface area contributed by atoms with E-state index in [4.69, 9.17) is 4.74 Å². The van der Waals surface area contributed by atoms with Crippen LogP contribution in [-0.2, 0) is 9.59 Å². The minimum absolute atomic E-state index is 0.00616. The van der Waals surface area contributed by atoms with Gasteiger partial charge in [0.15, 0.2) is 0 Å². The van der Waals surface area contributed by atoms with E-state index in [1.807, 2.05) is 24.3 Å². The Labute approximate surface area is 141 Å². The summed E-state index contributed by atoms with van der Waals surface area (Å²) in [6.07, 6.45) is 0. The molecule has 0 bridgehead atoms. The highest BCUT2D eigenvalue weighted by atomic mass is 16.5. The Balaban J connectivity index is 1.72. The SMILES string of the molecule is COc1ccccc1C1CNCCN1CC(=O)N1CCNC(=O)C1. The zero-order valence-corrected chi connectivity index (χ0v) is 14.0. The maximum atomic E-state index is 12.6. The molecule has 2 amide bonds. The van der Waals surface area contributed by atoms with Crippen LogP contribution in [0, 0.1) is 0 Å². The fourth-order valence-corrected chi connectivity index (χ4v) is 3.31. The molecule has 3 rings (SSSR count). The summed E-state index contributed by atoms with van der Waals surface area (Å²) in [7, 11) is 1.66. The second kappa shape index (κ2) is 7.63. The number of ether oxygens (including phenoxy) is 1. The first-order chi connectivity index (χ1) is 11.7. The number of hydrogen-bond acceptors (Lipinski definition) is 5. The number of rotatable bonds is 4. The lowest BCUT2D eigenvalue weighted by Crippen LogP contribution is -2.54. The number of piperazine rings is 2. The summed E-state index contributed by atoms with van der Waals surface area (Å²) < 4.78 is 5.48. The van der Waals surface area contributed by atoms with E-state index >= 15 is 0 Å². The number of carbonyl (C=O) groups is 2. The molecular weight excluding hydrogens is 308 g/mol. The van der Waals surface area contributed by atoms with Crippen LogP contribution < -0.4 is 15.4 Å². The normalized spacial score (nSPS) is 22.1. The van der Waals surface area contributed by atoms with Gasteiger partial charge in [0.25, 0.3) is 0 Å². The van der Waals surface area contributed by atoms with Gasteiger partial charge in [0.2, 0.25) is 11.8 Å². The Kier molecular flexibility index (Phi) is 5.32. The average Bonchev–Trinajstić information content (AvgIpc) is 2.62. The van der Waals surface area contributed by atoms with E-state index in [0.717, 1.165) is 30.9 Å². The Morgan fingerprint density at radius 3 is 2.92 bits per heavy atom. The zero-order chi connectivity index (χ0) is 16.9. The third-order valence-electron chi connectivity index (χ3n) is 4.58. The number of amides is 2. The van der Waals surface area contributed by atoms with E-state index in [0.29, 0.717) is 19.6 Å². The maximum absolute atomic E-state index is 12.6. The van der Waals surface area contributed by atoms with Crippen LogP contribution in [0.3, 0.4) is 0 Å². The molecule has 2 heterocycles. The van der Waals surface area contributed by atoms with Crippen LogP contribution in [0.15, 0.2) is 24.3 Å². The molecule has 0 radical (unpaired) electrons. The molecule has 1 atom stereocenters. The number of benzene rings is 1. The fourth-order valence-electron chi connectivity index (χ4n) is 3.31. The minimum Gasteiger partial charge on any atom is -0.496 e. The summed E-state index contributed by atoms with van der Waals surface area (Å²) in [5, 5.41) is 6.14. The third-order valence-corrected chi connectivity index (χ3v) is 4.58. The lowest BCUT2D eigenvalue weighted by atomic mass is 10.0. The van der Waals surface area contributed by atoms with Gasteiger partial charge in [0, 0.05) is 38.3 Å². The molecule has 1 aromatic carbocycles. The van der Waals surface area contributed by atoms with Crippen molar-refractivity contribution >= 4 is 11.8 Å². The van der Waals surface area contributed by atoms with E-state index in [-0.39, 0.29) is 24.4 Å². The summed E-state index contributed by atoms with van der Waals surface area (Å²) in [6.45, 7) is 3.99. The molecule has 2 N–H and O–H groups in total. The molecule has 24 heavy (non-hydrogen) atoms. The molecule has 0 aromatic heterocycles. The van der Waals surface area contributed by atoms with Crippen LogP contribution in [0.2, 0.25) is 0 Å². The highest BCUT2D eigenvalue weighted by Gasteiger charge is 2.30. The van der Waals surface area contributed by atoms with Crippen molar-refractivity contribution in [1.29, 1.82) is 0 Å². The summed E-state index contributed by atoms with van der Waals surface area (Å²) in [5.74, 6) is 0.754. The monoisotopic (exact) mass is 332 g/mol. The van der Waals surface area contributed by atoms with Crippen molar-refractivity contribution in [1.82, 2.24) is 20.4 Å². The van der Waals surface area contributed by atoms with Crippen molar-refractivity contribution < 1.29 is 14.3 Å². The topological polar surface area (TPSA) is 73.9 Å². The summed E-state index contributed by atoms with van der Waals surface area (Å²) >= 11 is 0. The molecule has 7 heteroatoms. The molecule has 2 fully saturated rings. The zero-order valence-electron chi connectivity index (χ0n) is 14.0. The molecule has 2 aliphatic rings. The molecule has 1 aromatic rings. The molecule has 130 valence electrons. The van der Waals surface area contributed by atoms with E-state index < -0.39 is 0 Å². The minimum atomic E-state index is -0.0869. The Morgan fingerprint density at radius 2 is 2.12 bits per heavy atom. The smallest absolute Gasteiger partial charge is 0.239 e. The number of hydrogen-bond donors (Lipinski definition) is 2. The van der Waals surface area contributed by atoms with Crippen LogP contribution in [0.25, 0.3) is 0 Å². The van der Waals surface area contributed by atoms with Gasteiger partial charge in [-0.05, 0) is 6.07 Å². The van der Waals surface area contributed by atoms with Crippen molar-refractivity contribution in [3.8, 4) is 5.75 Å². The van der Waals surface area contributed by atoms with Gasteiger partial charge in [-0.2, -0.15) is 0 Å². The second-order valence-electron chi connectivity index (χ2n) is 6.10. The molecule has 0 aliphatic carbocycles. The molecule has 7 nitrogen and oxygen atoms in total. The van der Waals surface area contributed by atoms with Gasteiger partial charge in [0.1, 0.15) is 5.75 Å². The number of methoxy groups -OCH3 is 1. The lowest BCUT2D eigenvalue weighted by Gasteiger charge is -2.38. The first-order valence-corrected chi connectivity index (χ1v) is 8.31. The highest BCUT2D eigenvalue weighted by Crippen LogP contribution is 2.30. The average molecular weight is 332 g/mol. The van der Waals surface area contributed by atoms with E-state index in [2.05, 4.69) is 15.5 Å². The van der Waals surface area contributed by atoms with Gasteiger partial charge in [-0.1, -0.05) is 18.2 Å². The molecule has 0 saturated carbocycles. The van der Waals surface area contributed by atoms with Gasteiger partial charge in [-0.3, -0.25) is 14.5 Å². The number of para-hydroxylation sites is 1. The molecule has 0 spiro atoms. The van der Waals surface area contributed by atoms with Crippen molar-refractivity contribution in [2.24, 2.45) is 0 Å². The van der Waals surface area contributed by atoms with Gasteiger partial charge in [-0.25, -0.2) is 0 Å². The Hall–Kier alpha value is -2.12. The predicted molar refractivity (Wildman–Crippen MR) is 89.8 cm³/mol. The van der Waals surface area contributed by atoms with E-state index in [1.54, 1.807) is 12.0 Å². The molecule has 1 unspecified atom stereocenters. The number of carbonyl (C=O) groups excluding carboxylic acids is 2. The van der Waals surface area contributed by atoms with Crippen LogP contribution in [0.5, 0.6) is 5.75 Å². The van der Waals surface area contributed by atoms with Crippen LogP contribution in [0.1, 0.15) is 11.6 Å². The van der Waals surface area contributed by atoms with Crippen LogP contribution >= 0.6 is 0 Å². The first kappa shape index (κ1) is 16.7. The predicted octanol–water partition coefficient (Wildman–Crippen LogP) is -0.400. The maximum Gasteiger partial charge on any atom is 0.239 e. The van der Waals surface area contributed by atoms with E-state index in [9.17, 15) is 9.59 Å². The summed E-state index contributed by atoms with van der Waals surface area (Å²) in [6, 6.07) is 8.00. The highest BCUT2D eigenvalue weighted by molar-refractivity contribution is 5.86. The van der Waals surface area contributed by atoms with E-state index in [1.165, 1.54) is 0 Å². The first-order valence-electron chi connectivity index (χ1n) is 8.31. The van der Waals surface area contributed by atoms with Crippen LogP contribution in [-0.4, -0.2) is 74.5 Å². The summed E-state index contributed by atoms with van der Waals surface area (Å²) in [4.78, 5) is 27.9. The summed E-state index contributed by atoms with van der Waals surface area (Å²) in [5.41, 5.74) is 1.08. The number of nitrogens with one attached hydrogen (secondary N) is 2. The quantitative estimate of drug-likeness (QED) is 0.785. The van der Waals surface area contributed by atoms with Gasteiger partial charge < -0.3 is 20.3 Å². The van der Waals surface area contributed by atoms with Gasteiger partial charge >= 0.3 is 0 Å². The third kappa shape index (κ3) is 3.68. The fraction of sp³-hybridized carbons (Fsp3) is 0.529. The van der Waals surface area contributed by atoms with Gasteiger partial charge in [0.05, 0.1) is 26.2 Å².